The molecule has 2 aromatic rings. The first-order valence-corrected chi connectivity index (χ1v) is 15.0. The molecule has 5 rings (SSSR count). The Morgan fingerprint density at radius 3 is 2.12 bits per heavy atom. The Labute approximate surface area is 243 Å². The predicted molar refractivity (Wildman–Crippen MR) is 160 cm³/mol. The Bertz CT molecular complexity index is 1220. The molecule has 3 aliphatic rings. The number of amides is 3. The minimum absolute atomic E-state index is 0.00588. The van der Waals surface area contributed by atoms with Crippen molar-refractivity contribution in [3.63, 3.8) is 0 Å². The van der Waals surface area contributed by atoms with Crippen molar-refractivity contribution < 1.29 is 19.5 Å². The van der Waals surface area contributed by atoms with Gasteiger partial charge in [-0.05, 0) is 73.3 Å². The molecule has 1 spiro atoms. The van der Waals surface area contributed by atoms with Crippen molar-refractivity contribution in [1.82, 2.24) is 14.7 Å². The summed E-state index contributed by atoms with van der Waals surface area (Å²) in [7, 11) is 0. The number of rotatable bonds is 6. The molecule has 0 unspecified atom stereocenters. The van der Waals surface area contributed by atoms with Crippen LogP contribution in [-0.2, 0) is 15.0 Å². The minimum Gasteiger partial charge on any atom is -0.396 e. The average molecular weight is 561 g/mol. The average Bonchev–Trinajstić information content (AvgIpc) is 3.24. The Hall–Kier alpha value is -3.39. The van der Waals surface area contributed by atoms with E-state index in [0.29, 0.717) is 57.2 Å². The number of hydrogen-bond donors (Lipinski definition) is 1. The fourth-order valence-electron chi connectivity index (χ4n) is 6.61. The van der Waals surface area contributed by atoms with Gasteiger partial charge in [-0.1, -0.05) is 51.1 Å². The summed E-state index contributed by atoms with van der Waals surface area (Å²) in [6.45, 7) is 9.39. The molecule has 3 heterocycles. The summed E-state index contributed by atoms with van der Waals surface area (Å²) < 4.78 is 0. The van der Waals surface area contributed by atoms with Crippen LogP contribution in [0.25, 0.3) is 0 Å². The maximum absolute atomic E-state index is 14.1. The van der Waals surface area contributed by atoms with E-state index in [-0.39, 0.29) is 36.3 Å². The second-order valence-corrected chi connectivity index (χ2v) is 12.9. The number of aliphatic hydroxyl groups excluding tert-OH is 1. The zero-order chi connectivity index (χ0) is 29.2. The SMILES string of the molecule is CC(C)(C)c1ccc(C(=O)N2CCC3(CC2)C(=O)N(CC(=O)N2CCC(CCO)CC2)CN3c2ccccc2)cc1. The van der Waals surface area contributed by atoms with Gasteiger partial charge in [-0.15, -0.1) is 0 Å². The van der Waals surface area contributed by atoms with E-state index in [4.69, 9.17) is 0 Å². The van der Waals surface area contributed by atoms with Crippen LogP contribution in [0, 0.1) is 5.92 Å². The molecule has 3 saturated heterocycles. The number of aliphatic hydroxyl groups is 1. The Morgan fingerprint density at radius 2 is 1.54 bits per heavy atom. The van der Waals surface area contributed by atoms with Gasteiger partial charge >= 0.3 is 0 Å². The van der Waals surface area contributed by atoms with Crippen LogP contribution in [0.15, 0.2) is 54.6 Å². The second-order valence-electron chi connectivity index (χ2n) is 12.9. The highest BCUT2D eigenvalue weighted by Crippen LogP contribution is 2.40. The molecule has 0 radical (unpaired) electrons. The first kappa shape index (κ1) is 29.1. The lowest BCUT2D eigenvalue weighted by molar-refractivity contribution is -0.141. The van der Waals surface area contributed by atoms with Crippen molar-refractivity contribution in [1.29, 1.82) is 0 Å². The predicted octanol–water partition coefficient (Wildman–Crippen LogP) is 3.89. The van der Waals surface area contributed by atoms with Gasteiger partial charge in [-0.2, -0.15) is 0 Å². The molecule has 3 amide bonds. The lowest BCUT2D eigenvalue weighted by Gasteiger charge is -2.43. The number of benzene rings is 2. The molecule has 41 heavy (non-hydrogen) atoms. The standard InChI is InChI=1S/C33H44N4O4/c1-32(2,3)27-11-9-26(10-12-27)30(40)35-20-16-33(17-21-35)31(41)36(24-37(33)28-7-5-4-6-8-28)23-29(39)34-18-13-25(14-19-34)15-22-38/h4-12,25,38H,13-24H2,1-3H3. The fraction of sp³-hybridized carbons (Fsp3) is 0.545. The lowest BCUT2D eigenvalue weighted by atomic mass is 9.84. The molecule has 1 N–H and O–H groups in total. The first-order valence-electron chi connectivity index (χ1n) is 15.0. The number of carbonyl (C=O) groups excluding carboxylic acids is 3. The summed E-state index contributed by atoms with van der Waals surface area (Å²) in [5, 5.41) is 9.24. The van der Waals surface area contributed by atoms with E-state index < -0.39 is 5.54 Å². The molecular weight excluding hydrogens is 516 g/mol. The first-order chi connectivity index (χ1) is 19.6. The van der Waals surface area contributed by atoms with Crippen LogP contribution < -0.4 is 4.90 Å². The maximum atomic E-state index is 14.1. The van der Waals surface area contributed by atoms with E-state index in [2.05, 4.69) is 25.7 Å². The maximum Gasteiger partial charge on any atom is 0.253 e. The molecule has 0 aliphatic carbocycles. The molecule has 0 aromatic heterocycles. The third-order valence-electron chi connectivity index (χ3n) is 9.29. The third kappa shape index (κ3) is 5.98. The van der Waals surface area contributed by atoms with Gasteiger partial charge in [0, 0.05) is 44.0 Å². The minimum atomic E-state index is -0.775. The van der Waals surface area contributed by atoms with E-state index in [9.17, 15) is 19.5 Å². The van der Waals surface area contributed by atoms with Crippen molar-refractivity contribution in [3.8, 4) is 0 Å². The summed E-state index contributed by atoms with van der Waals surface area (Å²) in [6, 6.07) is 17.8. The molecule has 2 aromatic carbocycles. The number of piperidine rings is 2. The second kappa shape index (κ2) is 11.8. The largest absolute Gasteiger partial charge is 0.396 e. The number of anilines is 1. The molecule has 0 saturated carbocycles. The normalized spacial score (nSPS) is 19.8. The van der Waals surface area contributed by atoms with E-state index in [1.807, 2.05) is 64.4 Å². The van der Waals surface area contributed by atoms with Crippen LogP contribution in [0.4, 0.5) is 5.69 Å². The molecule has 0 bridgehead atoms. The van der Waals surface area contributed by atoms with Crippen LogP contribution in [0.2, 0.25) is 0 Å². The van der Waals surface area contributed by atoms with Crippen molar-refractivity contribution in [2.75, 3.05) is 50.9 Å². The summed E-state index contributed by atoms with van der Waals surface area (Å²) in [5.74, 6) is 0.413. The molecule has 8 heteroatoms. The fourth-order valence-corrected chi connectivity index (χ4v) is 6.61. The summed E-state index contributed by atoms with van der Waals surface area (Å²) in [6.07, 6.45) is 3.60. The highest BCUT2D eigenvalue weighted by molar-refractivity contribution is 5.97. The Kier molecular flexibility index (Phi) is 8.41. The van der Waals surface area contributed by atoms with Gasteiger partial charge in [0.1, 0.15) is 12.1 Å². The van der Waals surface area contributed by atoms with Crippen molar-refractivity contribution >= 4 is 23.4 Å². The zero-order valence-corrected chi connectivity index (χ0v) is 24.7. The van der Waals surface area contributed by atoms with Crippen LogP contribution in [0.3, 0.4) is 0 Å². The van der Waals surface area contributed by atoms with Gasteiger partial charge in [-0.25, -0.2) is 0 Å². The van der Waals surface area contributed by atoms with Gasteiger partial charge in [0.25, 0.3) is 11.8 Å². The molecule has 8 nitrogen and oxygen atoms in total. The van der Waals surface area contributed by atoms with Gasteiger partial charge in [0.2, 0.25) is 5.91 Å². The quantitative estimate of drug-likeness (QED) is 0.580. The van der Waals surface area contributed by atoms with Gasteiger partial charge < -0.3 is 24.7 Å². The lowest BCUT2D eigenvalue weighted by Crippen LogP contribution is -2.57. The summed E-state index contributed by atoms with van der Waals surface area (Å²) in [5.41, 5.74) is 2.06. The van der Waals surface area contributed by atoms with Crippen molar-refractivity contribution in [2.24, 2.45) is 5.92 Å². The monoisotopic (exact) mass is 560 g/mol. The van der Waals surface area contributed by atoms with E-state index in [0.717, 1.165) is 24.9 Å². The molecular formula is C33H44N4O4. The van der Waals surface area contributed by atoms with Gasteiger partial charge in [-0.3, -0.25) is 14.4 Å². The highest BCUT2D eigenvalue weighted by atomic mass is 16.3. The molecule has 220 valence electrons. The van der Waals surface area contributed by atoms with E-state index in [1.165, 1.54) is 5.56 Å². The smallest absolute Gasteiger partial charge is 0.253 e. The van der Waals surface area contributed by atoms with Crippen LogP contribution in [-0.4, -0.2) is 89.1 Å². The van der Waals surface area contributed by atoms with Gasteiger partial charge in [0.05, 0.1) is 6.67 Å². The number of para-hydroxylation sites is 1. The van der Waals surface area contributed by atoms with Crippen molar-refractivity contribution in [3.05, 3.63) is 65.7 Å². The number of carbonyl (C=O) groups is 3. The van der Waals surface area contributed by atoms with Crippen LogP contribution in [0.1, 0.15) is 68.8 Å². The van der Waals surface area contributed by atoms with E-state index >= 15 is 0 Å². The topological polar surface area (TPSA) is 84.4 Å². The Morgan fingerprint density at radius 1 is 0.902 bits per heavy atom. The van der Waals surface area contributed by atoms with Gasteiger partial charge in [0.15, 0.2) is 0 Å². The van der Waals surface area contributed by atoms with Crippen LogP contribution in [0.5, 0.6) is 0 Å². The molecule has 0 atom stereocenters. The Balaban J connectivity index is 1.28. The molecule has 3 fully saturated rings. The highest BCUT2D eigenvalue weighted by Gasteiger charge is 2.54. The summed E-state index contributed by atoms with van der Waals surface area (Å²) in [4.78, 5) is 48.3. The third-order valence-corrected chi connectivity index (χ3v) is 9.29. The zero-order valence-electron chi connectivity index (χ0n) is 24.7. The van der Waals surface area contributed by atoms with E-state index in [1.54, 1.807) is 4.90 Å². The van der Waals surface area contributed by atoms with Crippen molar-refractivity contribution in [2.45, 2.75) is 63.8 Å². The number of hydrogen-bond acceptors (Lipinski definition) is 5. The molecule has 3 aliphatic heterocycles. The van der Waals surface area contributed by atoms with Crippen LogP contribution >= 0.6 is 0 Å². The number of likely N-dealkylation sites (tertiary alicyclic amines) is 2. The summed E-state index contributed by atoms with van der Waals surface area (Å²) >= 11 is 0. The number of nitrogens with zero attached hydrogens (tertiary/aromatic N) is 4.